The van der Waals surface area contributed by atoms with Crippen molar-refractivity contribution < 1.29 is 23.2 Å². The van der Waals surface area contributed by atoms with Crippen LogP contribution in [-0.2, 0) is 9.59 Å². The fourth-order valence-electron chi connectivity index (χ4n) is 2.96. The highest BCUT2D eigenvalue weighted by atomic mass is 35.5. The Bertz CT molecular complexity index is 1200. The number of carbonyl (C=O) groups excluding carboxylic acids is 3. The first-order chi connectivity index (χ1) is 14.9. The van der Waals surface area contributed by atoms with Crippen molar-refractivity contribution in [3.63, 3.8) is 0 Å². The summed E-state index contributed by atoms with van der Waals surface area (Å²) < 4.78 is 19.0. The molecule has 1 saturated heterocycles. The van der Waals surface area contributed by atoms with Gasteiger partial charge in [0.1, 0.15) is 29.6 Å². The molecule has 4 rings (SSSR count). The molecule has 0 aliphatic carbocycles. The second kappa shape index (κ2) is 8.45. The van der Waals surface area contributed by atoms with Gasteiger partial charge < -0.3 is 15.1 Å². The van der Waals surface area contributed by atoms with E-state index in [1.807, 2.05) is 0 Å². The highest BCUT2D eigenvalue weighted by Gasteiger charge is 2.35. The standard InChI is InChI=1S/C22H15ClFN3O4/c23-14-4-6-16(7-5-14)25-20(28)12-27-21(29)18(26-22(27)30)11-17-8-9-19(31-17)13-2-1-3-15(24)10-13/h1-11H,12H2,(H,25,28)(H,26,30)/b18-11-. The number of carbonyl (C=O) groups is 3. The second-order valence-electron chi connectivity index (χ2n) is 6.65. The lowest BCUT2D eigenvalue weighted by Gasteiger charge is -2.11. The second-order valence-corrected chi connectivity index (χ2v) is 7.08. The van der Waals surface area contributed by atoms with Crippen molar-refractivity contribution >= 4 is 41.2 Å². The van der Waals surface area contributed by atoms with Gasteiger partial charge in [-0.3, -0.25) is 9.59 Å². The number of benzene rings is 2. The summed E-state index contributed by atoms with van der Waals surface area (Å²) in [6, 6.07) is 14.8. The molecule has 4 amide bonds. The van der Waals surface area contributed by atoms with Gasteiger partial charge in [0.2, 0.25) is 5.91 Å². The summed E-state index contributed by atoms with van der Waals surface area (Å²) >= 11 is 5.80. The SMILES string of the molecule is O=C(CN1C(=O)N/C(=C\c2ccc(-c3cccc(F)c3)o2)C1=O)Nc1ccc(Cl)cc1. The maximum Gasteiger partial charge on any atom is 0.329 e. The van der Waals surface area contributed by atoms with Gasteiger partial charge in [0.05, 0.1) is 0 Å². The van der Waals surface area contributed by atoms with E-state index in [-0.39, 0.29) is 11.5 Å². The van der Waals surface area contributed by atoms with Crippen molar-refractivity contribution in [3.8, 4) is 11.3 Å². The number of urea groups is 1. The van der Waals surface area contributed by atoms with Crippen molar-refractivity contribution in [2.45, 2.75) is 0 Å². The summed E-state index contributed by atoms with van der Waals surface area (Å²) in [6.45, 7) is -0.461. The first-order valence-corrected chi connectivity index (χ1v) is 9.52. The average Bonchev–Trinajstić information content (AvgIpc) is 3.30. The van der Waals surface area contributed by atoms with Crippen molar-refractivity contribution in [1.82, 2.24) is 10.2 Å². The number of anilines is 1. The third-order valence-corrected chi connectivity index (χ3v) is 4.67. The molecule has 156 valence electrons. The summed E-state index contributed by atoms with van der Waals surface area (Å²) in [5.41, 5.74) is 0.981. The van der Waals surface area contributed by atoms with E-state index in [2.05, 4.69) is 10.6 Å². The predicted octanol–water partition coefficient (Wildman–Crippen LogP) is 4.27. The molecule has 3 aromatic rings. The Kier molecular flexibility index (Phi) is 5.55. The van der Waals surface area contributed by atoms with Crippen LogP contribution in [0, 0.1) is 5.82 Å². The van der Waals surface area contributed by atoms with Crippen LogP contribution in [0.4, 0.5) is 14.9 Å². The van der Waals surface area contributed by atoms with Crippen LogP contribution in [0.15, 0.2) is 70.8 Å². The van der Waals surface area contributed by atoms with Gasteiger partial charge in [-0.1, -0.05) is 23.7 Å². The van der Waals surface area contributed by atoms with Gasteiger partial charge in [-0.15, -0.1) is 0 Å². The zero-order valence-electron chi connectivity index (χ0n) is 15.9. The highest BCUT2D eigenvalue weighted by Crippen LogP contribution is 2.24. The molecule has 1 fully saturated rings. The van der Waals surface area contributed by atoms with E-state index in [0.717, 1.165) is 4.90 Å². The van der Waals surface area contributed by atoms with Crippen LogP contribution >= 0.6 is 11.6 Å². The molecule has 2 heterocycles. The molecule has 0 saturated carbocycles. The van der Waals surface area contributed by atoms with Gasteiger partial charge in [0.25, 0.3) is 5.91 Å². The molecule has 31 heavy (non-hydrogen) atoms. The Morgan fingerprint density at radius 3 is 2.65 bits per heavy atom. The van der Waals surface area contributed by atoms with E-state index in [4.69, 9.17) is 16.0 Å². The van der Waals surface area contributed by atoms with Crippen molar-refractivity contribution in [3.05, 3.63) is 83.0 Å². The molecule has 1 aliphatic rings. The minimum Gasteiger partial charge on any atom is -0.457 e. The lowest BCUT2D eigenvalue weighted by atomic mass is 10.2. The molecule has 2 aromatic carbocycles. The fraction of sp³-hybridized carbons (Fsp3) is 0.0455. The van der Waals surface area contributed by atoms with Crippen LogP contribution in [0.5, 0.6) is 0 Å². The maximum absolute atomic E-state index is 13.4. The predicted molar refractivity (Wildman–Crippen MR) is 112 cm³/mol. The van der Waals surface area contributed by atoms with Gasteiger partial charge in [-0.05, 0) is 48.5 Å². The van der Waals surface area contributed by atoms with Crippen molar-refractivity contribution in [2.24, 2.45) is 0 Å². The summed E-state index contributed by atoms with van der Waals surface area (Å²) in [4.78, 5) is 37.7. The number of halogens is 2. The zero-order valence-corrected chi connectivity index (χ0v) is 16.7. The summed E-state index contributed by atoms with van der Waals surface area (Å²) in [5.74, 6) is -0.921. The fourth-order valence-corrected chi connectivity index (χ4v) is 3.09. The third kappa shape index (κ3) is 4.65. The van der Waals surface area contributed by atoms with Gasteiger partial charge in [-0.2, -0.15) is 0 Å². The van der Waals surface area contributed by atoms with E-state index in [1.54, 1.807) is 48.5 Å². The number of amides is 4. The molecule has 7 nitrogen and oxygen atoms in total. The van der Waals surface area contributed by atoms with Crippen LogP contribution in [0.3, 0.4) is 0 Å². The lowest BCUT2D eigenvalue weighted by molar-refractivity contribution is -0.127. The Morgan fingerprint density at radius 1 is 1.13 bits per heavy atom. The summed E-state index contributed by atoms with van der Waals surface area (Å²) in [6.07, 6.45) is 1.35. The molecule has 1 aromatic heterocycles. The first-order valence-electron chi connectivity index (χ1n) is 9.15. The Balaban J connectivity index is 1.45. The minimum atomic E-state index is -0.723. The summed E-state index contributed by atoms with van der Waals surface area (Å²) in [7, 11) is 0. The third-order valence-electron chi connectivity index (χ3n) is 4.41. The molecular formula is C22H15ClFN3O4. The van der Waals surface area contributed by atoms with E-state index in [1.165, 1.54) is 18.2 Å². The number of imide groups is 1. The van der Waals surface area contributed by atoms with Crippen molar-refractivity contribution in [1.29, 1.82) is 0 Å². The van der Waals surface area contributed by atoms with E-state index >= 15 is 0 Å². The van der Waals surface area contributed by atoms with Gasteiger partial charge in [0, 0.05) is 22.3 Å². The molecule has 0 spiro atoms. The van der Waals surface area contributed by atoms with Crippen LogP contribution in [0.2, 0.25) is 5.02 Å². The smallest absolute Gasteiger partial charge is 0.329 e. The number of hydrogen-bond acceptors (Lipinski definition) is 4. The monoisotopic (exact) mass is 439 g/mol. The average molecular weight is 440 g/mol. The van der Waals surface area contributed by atoms with Crippen molar-refractivity contribution in [2.75, 3.05) is 11.9 Å². The topological polar surface area (TPSA) is 91.7 Å². The lowest BCUT2D eigenvalue weighted by Crippen LogP contribution is -2.38. The van der Waals surface area contributed by atoms with Crippen LogP contribution in [0.1, 0.15) is 5.76 Å². The molecule has 0 radical (unpaired) electrons. The normalized spacial score (nSPS) is 14.8. The minimum absolute atomic E-state index is 0.0376. The highest BCUT2D eigenvalue weighted by molar-refractivity contribution is 6.30. The van der Waals surface area contributed by atoms with E-state index in [0.29, 0.717) is 22.0 Å². The largest absolute Gasteiger partial charge is 0.457 e. The quantitative estimate of drug-likeness (QED) is 0.458. The molecule has 0 bridgehead atoms. The first kappa shape index (κ1) is 20.4. The molecule has 0 atom stereocenters. The molecule has 0 unspecified atom stereocenters. The van der Waals surface area contributed by atoms with Crippen LogP contribution in [0.25, 0.3) is 17.4 Å². The van der Waals surface area contributed by atoms with Gasteiger partial charge >= 0.3 is 6.03 Å². The Morgan fingerprint density at radius 2 is 1.90 bits per heavy atom. The molecular weight excluding hydrogens is 425 g/mol. The molecule has 9 heteroatoms. The molecule has 2 N–H and O–H groups in total. The maximum atomic E-state index is 13.4. The summed E-state index contributed by atoms with van der Waals surface area (Å²) in [5, 5.41) is 5.52. The number of furan rings is 1. The van der Waals surface area contributed by atoms with Crippen LogP contribution < -0.4 is 10.6 Å². The number of nitrogens with zero attached hydrogens (tertiary/aromatic N) is 1. The number of hydrogen-bond donors (Lipinski definition) is 2. The number of nitrogens with one attached hydrogen (secondary N) is 2. The Labute approximate surface area is 181 Å². The van der Waals surface area contributed by atoms with E-state index in [9.17, 15) is 18.8 Å². The Hall–Kier alpha value is -3.91. The van der Waals surface area contributed by atoms with E-state index < -0.39 is 30.2 Å². The van der Waals surface area contributed by atoms with Crippen LogP contribution in [-0.4, -0.2) is 29.3 Å². The number of rotatable bonds is 5. The zero-order chi connectivity index (χ0) is 22.0. The van der Waals surface area contributed by atoms with Gasteiger partial charge in [0.15, 0.2) is 0 Å². The molecule has 1 aliphatic heterocycles. The van der Waals surface area contributed by atoms with Gasteiger partial charge in [-0.25, -0.2) is 14.1 Å².